The van der Waals surface area contributed by atoms with E-state index < -0.39 is 92.5 Å². The highest BCUT2D eigenvalue weighted by Crippen LogP contribution is 2.37. The lowest BCUT2D eigenvalue weighted by Crippen LogP contribution is -2.63. The molecule has 0 aromatic rings. The second-order valence-corrected chi connectivity index (χ2v) is 12.0. The van der Waals surface area contributed by atoms with Crippen LogP contribution in [0.1, 0.15) is 85.0 Å². The van der Waals surface area contributed by atoms with Gasteiger partial charge in [0.2, 0.25) is 5.79 Å². The Morgan fingerprint density at radius 1 is 0.696 bits per heavy atom. The molecule has 0 aliphatic carbocycles. The van der Waals surface area contributed by atoms with Gasteiger partial charge in [-0.05, 0) is 20.3 Å². The molecule has 0 aromatic heterocycles. The summed E-state index contributed by atoms with van der Waals surface area (Å²) < 4.78 is 32.6. The molecule has 2 aliphatic rings. The molecule has 2 saturated heterocycles. The van der Waals surface area contributed by atoms with Crippen LogP contribution in [0.4, 0.5) is 0 Å². The molecule has 0 saturated carbocycles. The standard InChI is InChI=1S/C32H52O14/c1-6-7-8-9-10-11-12-13-14-15-23(33)43-18-32(28(38)25(35)22(45-32)17-42-30(40)20(4)5)46-31-27(37)26(36)24(34)21(44-31)16-41-29(39)19(2)3/h21-22,24-28,31,34-38H,2,4,6-18H2,1,3,5H3/t21-,22-,24-,25-,26+,27-,28+,31-,32+/m1/s1. The van der Waals surface area contributed by atoms with Gasteiger partial charge in [-0.1, -0.05) is 71.4 Å². The van der Waals surface area contributed by atoms with Crippen molar-refractivity contribution in [3.63, 3.8) is 0 Å². The van der Waals surface area contributed by atoms with Crippen molar-refractivity contribution in [2.24, 2.45) is 0 Å². The maximum Gasteiger partial charge on any atom is 0.333 e. The van der Waals surface area contributed by atoms with E-state index in [0.29, 0.717) is 6.42 Å². The molecule has 0 bridgehead atoms. The third-order valence-electron chi connectivity index (χ3n) is 7.86. The summed E-state index contributed by atoms with van der Waals surface area (Å²) in [5, 5.41) is 53.4. The molecule has 0 aromatic carbocycles. The lowest BCUT2D eigenvalue weighted by Gasteiger charge is -2.43. The van der Waals surface area contributed by atoms with Crippen molar-refractivity contribution in [3.05, 3.63) is 24.3 Å². The van der Waals surface area contributed by atoms with Crippen LogP contribution in [-0.4, -0.2) is 118 Å². The molecule has 14 nitrogen and oxygen atoms in total. The minimum atomic E-state index is -2.37. The van der Waals surface area contributed by atoms with Crippen LogP contribution >= 0.6 is 0 Å². The topological polar surface area (TPSA) is 208 Å². The van der Waals surface area contributed by atoms with E-state index in [2.05, 4.69) is 20.1 Å². The van der Waals surface area contributed by atoms with Gasteiger partial charge in [0, 0.05) is 17.6 Å². The lowest BCUT2D eigenvalue weighted by molar-refractivity contribution is -0.383. The van der Waals surface area contributed by atoms with E-state index in [1.54, 1.807) is 0 Å². The predicted octanol–water partition coefficient (Wildman–Crippen LogP) is 1.33. The number of esters is 3. The van der Waals surface area contributed by atoms with Crippen LogP contribution in [0.25, 0.3) is 0 Å². The van der Waals surface area contributed by atoms with Gasteiger partial charge in [-0.3, -0.25) is 4.79 Å². The van der Waals surface area contributed by atoms with Crippen LogP contribution in [0.15, 0.2) is 24.3 Å². The summed E-state index contributed by atoms with van der Waals surface area (Å²) >= 11 is 0. The number of hydrogen-bond acceptors (Lipinski definition) is 14. The van der Waals surface area contributed by atoms with Gasteiger partial charge in [0.05, 0.1) is 0 Å². The largest absolute Gasteiger partial charge is 0.460 e. The number of aliphatic hydroxyl groups excluding tert-OH is 5. The van der Waals surface area contributed by atoms with Gasteiger partial charge in [-0.25, -0.2) is 9.59 Å². The van der Waals surface area contributed by atoms with Crippen LogP contribution in [0.2, 0.25) is 0 Å². The van der Waals surface area contributed by atoms with Crippen molar-refractivity contribution in [1.82, 2.24) is 0 Å². The Hall–Kier alpha value is -2.43. The molecule has 264 valence electrons. The minimum absolute atomic E-state index is 0.0633. The smallest absolute Gasteiger partial charge is 0.333 e. The summed E-state index contributed by atoms with van der Waals surface area (Å²) in [5.74, 6) is -4.60. The Kier molecular flexibility index (Phi) is 16.8. The summed E-state index contributed by atoms with van der Waals surface area (Å²) in [5.41, 5.74) is 0.141. The normalized spacial score (nSPS) is 30.9. The van der Waals surface area contributed by atoms with Crippen molar-refractivity contribution in [2.75, 3.05) is 19.8 Å². The molecular weight excluding hydrogens is 608 g/mol. The molecule has 9 atom stereocenters. The number of ether oxygens (including phenoxy) is 6. The first-order chi connectivity index (χ1) is 21.7. The number of rotatable bonds is 20. The van der Waals surface area contributed by atoms with Crippen LogP contribution in [0, 0.1) is 0 Å². The number of hydrogen-bond donors (Lipinski definition) is 5. The van der Waals surface area contributed by atoms with Gasteiger partial charge < -0.3 is 54.0 Å². The third-order valence-corrected chi connectivity index (χ3v) is 7.86. The zero-order valence-electron chi connectivity index (χ0n) is 27.1. The Labute approximate surface area is 270 Å². The number of carbonyl (C=O) groups is 3. The summed E-state index contributed by atoms with van der Waals surface area (Å²) in [6, 6.07) is 0. The molecule has 2 heterocycles. The summed E-state index contributed by atoms with van der Waals surface area (Å²) in [6.07, 6.45) is -4.34. The Balaban J connectivity index is 2.11. The van der Waals surface area contributed by atoms with Crippen LogP contribution in [0.3, 0.4) is 0 Å². The zero-order chi connectivity index (χ0) is 34.4. The van der Waals surface area contributed by atoms with E-state index >= 15 is 0 Å². The molecule has 0 amide bonds. The molecule has 14 heteroatoms. The number of unbranched alkanes of at least 4 members (excludes halogenated alkanes) is 8. The quantitative estimate of drug-likeness (QED) is 0.0541. The summed E-state index contributed by atoms with van der Waals surface area (Å²) in [4.78, 5) is 36.5. The van der Waals surface area contributed by atoms with E-state index in [9.17, 15) is 39.9 Å². The Morgan fingerprint density at radius 2 is 1.22 bits per heavy atom. The first-order valence-corrected chi connectivity index (χ1v) is 16.0. The number of aliphatic hydroxyl groups is 5. The van der Waals surface area contributed by atoms with Crippen LogP contribution in [-0.2, 0) is 42.8 Å². The average Bonchev–Trinajstić information content (AvgIpc) is 3.25. The fraction of sp³-hybridized carbons (Fsp3) is 0.781. The molecule has 2 rings (SSSR count). The second kappa shape index (κ2) is 19.4. The molecule has 2 aliphatic heterocycles. The lowest BCUT2D eigenvalue weighted by atomic mass is 9.99. The van der Waals surface area contributed by atoms with Crippen molar-refractivity contribution >= 4 is 17.9 Å². The van der Waals surface area contributed by atoms with Crippen LogP contribution < -0.4 is 0 Å². The van der Waals surface area contributed by atoms with Crippen molar-refractivity contribution < 1.29 is 68.3 Å². The molecular formula is C32H52O14. The van der Waals surface area contributed by atoms with E-state index in [4.69, 9.17) is 28.4 Å². The third kappa shape index (κ3) is 11.7. The van der Waals surface area contributed by atoms with Gasteiger partial charge in [0.15, 0.2) is 6.29 Å². The highest BCUT2D eigenvalue weighted by Gasteiger charge is 2.60. The highest BCUT2D eigenvalue weighted by molar-refractivity contribution is 5.87. The van der Waals surface area contributed by atoms with E-state index in [-0.39, 0.29) is 17.6 Å². The maximum atomic E-state index is 12.7. The first kappa shape index (κ1) is 39.7. The molecule has 46 heavy (non-hydrogen) atoms. The van der Waals surface area contributed by atoms with E-state index in [0.717, 1.165) is 25.7 Å². The van der Waals surface area contributed by atoms with Gasteiger partial charge in [-0.2, -0.15) is 0 Å². The van der Waals surface area contributed by atoms with Gasteiger partial charge in [0.1, 0.15) is 62.5 Å². The predicted molar refractivity (Wildman–Crippen MR) is 162 cm³/mol. The van der Waals surface area contributed by atoms with Crippen molar-refractivity contribution in [2.45, 2.75) is 140 Å². The highest BCUT2D eigenvalue weighted by atomic mass is 16.8. The minimum Gasteiger partial charge on any atom is -0.460 e. The van der Waals surface area contributed by atoms with Gasteiger partial charge in [0.25, 0.3) is 0 Å². The summed E-state index contributed by atoms with van der Waals surface area (Å²) in [7, 11) is 0. The molecule has 0 radical (unpaired) electrons. The average molecular weight is 661 g/mol. The Morgan fingerprint density at radius 3 is 1.76 bits per heavy atom. The molecule has 2 fully saturated rings. The second-order valence-electron chi connectivity index (χ2n) is 12.0. The summed E-state index contributed by atoms with van der Waals surface area (Å²) in [6.45, 7) is 10.0. The van der Waals surface area contributed by atoms with Crippen molar-refractivity contribution in [3.8, 4) is 0 Å². The fourth-order valence-electron chi connectivity index (χ4n) is 4.99. The van der Waals surface area contributed by atoms with Gasteiger partial charge >= 0.3 is 17.9 Å². The molecule has 0 spiro atoms. The maximum absolute atomic E-state index is 12.7. The molecule has 0 unspecified atom stereocenters. The zero-order valence-corrected chi connectivity index (χ0v) is 27.1. The molecule has 5 N–H and O–H groups in total. The monoisotopic (exact) mass is 660 g/mol. The Bertz CT molecular complexity index is 1020. The van der Waals surface area contributed by atoms with E-state index in [1.165, 1.54) is 39.5 Å². The van der Waals surface area contributed by atoms with E-state index in [1.807, 2.05) is 0 Å². The first-order valence-electron chi connectivity index (χ1n) is 16.0. The fourth-order valence-corrected chi connectivity index (χ4v) is 4.99. The number of carbonyl (C=O) groups excluding carboxylic acids is 3. The van der Waals surface area contributed by atoms with Gasteiger partial charge in [-0.15, -0.1) is 0 Å². The van der Waals surface area contributed by atoms with Crippen LogP contribution in [0.5, 0.6) is 0 Å². The van der Waals surface area contributed by atoms with Crippen molar-refractivity contribution in [1.29, 1.82) is 0 Å². The SMILES string of the molecule is C=C(C)C(=O)OC[C@H]1O[C@@](COC(=O)CCCCCCCCCCC)(O[C@H]2O[C@H](COC(=O)C(=C)C)[C@@H](O)[C@H](O)[C@H]2O)[C@@H](O)[C@@H]1O.